The Labute approximate surface area is 192 Å². The minimum atomic E-state index is -0.825. The van der Waals surface area contributed by atoms with Gasteiger partial charge in [-0.1, -0.05) is 29.8 Å². The number of carbonyl (C=O) groups is 2. The summed E-state index contributed by atoms with van der Waals surface area (Å²) in [6, 6.07) is 18.1. The van der Waals surface area contributed by atoms with Crippen LogP contribution in [0.4, 0.5) is 15.8 Å². The summed E-state index contributed by atoms with van der Waals surface area (Å²) in [5.74, 6) is -2.24. The zero-order valence-corrected chi connectivity index (χ0v) is 19.0. The molecule has 4 rings (SSSR count). The van der Waals surface area contributed by atoms with Crippen LogP contribution in [0.15, 0.2) is 72.3 Å². The summed E-state index contributed by atoms with van der Waals surface area (Å²) in [6.07, 6.45) is 0. The van der Waals surface area contributed by atoms with Crippen LogP contribution in [0, 0.1) is 19.7 Å². The number of Topliss-reactive ketones (excluding diaryl/α,β-unsaturated/α-hetero) is 1. The van der Waals surface area contributed by atoms with Crippen LogP contribution in [0.2, 0.25) is 0 Å². The molecule has 3 aromatic rings. The van der Waals surface area contributed by atoms with Crippen molar-refractivity contribution in [2.24, 2.45) is 0 Å². The standard InChI is InChI=1S/C27H25FN2O3/c1-16-5-10-21(11-6-16)30-24(18-7-12-20(13-8-18)29(3)4)23(26(32)27(30)33)25(31)19-9-14-22(28)17(2)15-19/h5-15,24,31H,1-4H3/b25-23-. The Hall–Kier alpha value is -3.93. The average molecular weight is 445 g/mol. The van der Waals surface area contributed by atoms with Crippen LogP contribution in [0.3, 0.4) is 0 Å². The average Bonchev–Trinajstić information content (AvgIpc) is 3.06. The second-order valence-corrected chi connectivity index (χ2v) is 8.45. The Morgan fingerprint density at radius 3 is 2.15 bits per heavy atom. The molecule has 0 aromatic heterocycles. The fraction of sp³-hybridized carbons (Fsp3) is 0.185. The molecule has 1 fully saturated rings. The second kappa shape index (κ2) is 8.54. The normalized spacial score (nSPS) is 17.5. The minimum absolute atomic E-state index is 0.0239. The van der Waals surface area contributed by atoms with Crippen molar-refractivity contribution in [1.82, 2.24) is 0 Å². The number of aliphatic hydroxyl groups excluding tert-OH is 1. The Bertz CT molecular complexity index is 1260. The lowest BCUT2D eigenvalue weighted by Crippen LogP contribution is -2.29. The summed E-state index contributed by atoms with van der Waals surface area (Å²) in [7, 11) is 3.84. The van der Waals surface area contributed by atoms with Crippen molar-refractivity contribution in [3.8, 4) is 0 Å². The number of benzene rings is 3. The van der Waals surface area contributed by atoms with Crippen LogP contribution >= 0.6 is 0 Å². The summed E-state index contributed by atoms with van der Waals surface area (Å²) in [6.45, 7) is 3.51. The third-order valence-corrected chi connectivity index (χ3v) is 5.91. The Morgan fingerprint density at radius 1 is 0.939 bits per heavy atom. The third kappa shape index (κ3) is 4.00. The minimum Gasteiger partial charge on any atom is -0.507 e. The van der Waals surface area contributed by atoms with Gasteiger partial charge in [0.15, 0.2) is 0 Å². The Kier molecular flexibility index (Phi) is 5.77. The van der Waals surface area contributed by atoms with Crippen molar-refractivity contribution in [3.05, 3.63) is 100 Å². The van der Waals surface area contributed by atoms with Gasteiger partial charge in [0.1, 0.15) is 11.6 Å². The second-order valence-electron chi connectivity index (χ2n) is 8.45. The molecule has 1 N–H and O–H groups in total. The topological polar surface area (TPSA) is 60.9 Å². The van der Waals surface area contributed by atoms with Gasteiger partial charge in [0.05, 0.1) is 11.6 Å². The molecular weight excluding hydrogens is 419 g/mol. The summed E-state index contributed by atoms with van der Waals surface area (Å²) in [4.78, 5) is 29.7. The van der Waals surface area contributed by atoms with E-state index in [9.17, 15) is 19.1 Å². The first-order chi connectivity index (χ1) is 15.7. The van der Waals surface area contributed by atoms with Crippen LogP contribution in [0.25, 0.3) is 5.76 Å². The van der Waals surface area contributed by atoms with E-state index in [0.717, 1.165) is 11.3 Å². The van der Waals surface area contributed by atoms with E-state index >= 15 is 0 Å². The number of nitrogens with zero attached hydrogens (tertiary/aromatic N) is 2. The van der Waals surface area contributed by atoms with Gasteiger partial charge >= 0.3 is 0 Å². The maximum absolute atomic E-state index is 13.8. The number of halogens is 1. The largest absolute Gasteiger partial charge is 0.507 e. The van der Waals surface area contributed by atoms with Gasteiger partial charge in [-0.15, -0.1) is 0 Å². The molecule has 1 atom stereocenters. The van der Waals surface area contributed by atoms with Gasteiger partial charge < -0.3 is 10.0 Å². The number of aliphatic hydroxyl groups is 1. The maximum Gasteiger partial charge on any atom is 0.300 e. The highest BCUT2D eigenvalue weighted by Gasteiger charge is 2.47. The highest BCUT2D eigenvalue weighted by molar-refractivity contribution is 6.51. The molecule has 1 unspecified atom stereocenters. The van der Waals surface area contributed by atoms with E-state index in [-0.39, 0.29) is 16.9 Å². The molecule has 0 saturated carbocycles. The predicted octanol–water partition coefficient (Wildman–Crippen LogP) is 5.13. The van der Waals surface area contributed by atoms with Gasteiger partial charge in [-0.2, -0.15) is 0 Å². The predicted molar refractivity (Wildman–Crippen MR) is 128 cm³/mol. The van der Waals surface area contributed by atoms with Gasteiger partial charge in [0.2, 0.25) is 0 Å². The molecule has 0 bridgehead atoms. The lowest BCUT2D eigenvalue weighted by atomic mass is 9.94. The SMILES string of the molecule is Cc1ccc(N2C(=O)C(=O)/C(=C(\O)c3ccc(F)c(C)c3)C2c2ccc(N(C)C)cc2)cc1. The van der Waals surface area contributed by atoms with Crippen LogP contribution in [0.5, 0.6) is 0 Å². The first-order valence-corrected chi connectivity index (χ1v) is 10.6. The number of rotatable bonds is 4. The fourth-order valence-corrected chi connectivity index (χ4v) is 4.02. The molecule has 5 nitrogen and oxygen atoms in total. The van der Waals surface area contributed by atoms with Gasteiger partial charge in [-0.05, 0) is 67.4 Å². The summed E-state index contributed by atoms with van der Waals surface area (Å²) in [5.41, 5.74) is 3.80. The number of aryl methyl sites for hydroxylation is 2. The van der Waals surface area contributed by atoms with E-state index < -0.39 is 23.5 Å². The van der Waals surface area contributed by atoms with Gasteiger partial charge in [0.25, 0.3) is 11.7 Å². The number of carbonyl (C=O) groups excluding carboxylic acids is 2. The van der Waals surface area contributed by atoms with E-state index in [1.54, 1.807) is 19.1 Å². The first-order valence-electron chi connectivity index (χ1n) is 10.6. The van der Waals surface area contributed by atoms with Crippen LogP contribution in [0.1, 0.15) is 28.3 Å². The summed E-state index contributed by atoms with van der Waals surface area (Å²) in [5, 5.41) is 11.2. The van der Waals surface area contributed by atoms with Gasteiger partial charge in [-0.25, -0.2) is 4.39 Å². The zero-order valence-electron chi connectivity index (χ0n) is 19.0. The first kappa shape index (κ1) is 22.3. The molecule has 1 aliphatic rings. The smallest absolute Gasteiger partial charge is 0.300 e. The van der Waals surface area contributed by atoms with Crippen LogP contribution in [-0.2, 0) is 9.59 Å². The number of hydrogen-bond donors (Lipinski definition) is 1. The molecular formula is C27H25FN2O3. The highest BCUT2D eigenvalue weighted by atomic mass is 19.1. The molecule has 1 saturated heterocycles. The fourth-order valence-electron chi connectivity index (χ4n) is 4.02. The molecule has 1 aliphatic heterocycles. The highest BCUT2D eigenvalue weighted by Crippen LogP contribution is 2.42. The lowest BCUT2D eigenvalue weighted by Gasteiger charge is -2.26. The molecule has 0 aliphatic carbocycles. The number of hydrogen-bond acceptors (Lipinski definition) is 4. The molecule has 168 valence electrons. The lowest BCUT2D eigenvalue weighted by molar-refractivity contribution is -0.132. The molecule has 1 heterocycles. The maximum atomic E-state index is 13.8. The Balaban J connectivity index is 1.93. The quantitative estimate of drug-likeness (QED) is 0.344. The van der Waals surface area contributed by atoms with Crippen molar-refractivity contribution in [2.75, 3.05) is 23.9 Å². The molecule has 6 heteroatoms. The number of amides is 1. The number of anilines is 2. The summed E-state index contributed by atoms with van der Waals surface area (Å²) < 4.78 is 13.8. The molecule has 0 radical (unpaired) electrons. The van der Waals surface area contributed by atoms with Crippen molar-refractivity contribution in [2.45, 2.75) is 19.9 Å². The Morgan fingerprint density at radius 2 is 1.58 bits per heavy atom. The van der Waals surface area contributed by atoms with Crippen molar-refractivity contribution >= 4 is 28.8 Å². The molecule has 33 heavy (non-hydrogen) atoms. The summed E-state index contributed by atoms with van der Waals surface area (Å²) >= 11 is 0. The molecule has 0 spiro atoms. The number of ketones is 1. The monoisotopic (exact) mass is 444 g/mol. The van der Waals surface area contributed by atoms with Crippen molar-refractivity contribution in [1.29, 1.82) is 0 Å². The van der Waals surface area contributed by atoms with Crippen molar-refractivity contribution < 1.29 is 19.1 Å². The third-order valence-electron chi connectivity index (χ3n) is 5.91. The van der Waals surface area contributed by atoms with E-state index in [1.807, 2.05) is 62.3 Å². The van der Waals surface area contributed by atoms with Crippen LogP contribution < -0.4 is 9.80 Å². The zero-order chi connectivity index (χ0) is 23.9. The van der Waals surface area contributed by atoms with E-state index in [1.165, 1.54) is 23.1 Å². The van der Waals surface area contributed by atoms with Crippen LogP contribution in [-0.4, -0.2) is 30.9 Å². The van der Waals surface area contributed by atoms with E-state index in [4.69, 9.17) is 0 Å². The van der Waals surface area contributed by atoms with Gasteiger partial charge in [0, 0.05) is 31.0 Å². The van der Waals surface area contributed by atoms with E-state index in [2.05, 4.69) is 0 Å². The van der Waals surface area contributed by atoms with Crippen molar-refractivity contribution in [3.63, 3.8) is 0 Å². The van der Waals surface area contributed by atoms with E-state index in [0.29, 0.717) is 16.8 Å². The van der Waals surface area contributed by atoms with Gasteiger partial charge in [-0.3, -0.25) is 14.5 Å². The molecule has 3 aromatic carbocycles. The molecule has 1 amide bonds.